The standard InChI is InChI=1S/C6H12N4.ClH/c1-6(9)2-4(7)3-10-5(6)8;/h2-3,5H,7-9H2,1H3;1H. The van der Waals surface area contributed by atoms with Gasteiger partial charge in [-0.15, -0.1) is 12.4 Å². The Kier molecular flexibility index (Phi) is 3.04. The Morgan fingerprint density at radius 2 is 2.18 bits per heavy atom. The molecule has 2 atom stereocenters. The fraction of sp³-hybridized carbons (Fsp3) is 0.500. The molecule has 5 heteroatoms. The summed E-state index contributed by atoms with van der Waals surface area (Å²) in [5.74, 6) is 0. The van der Waals surface area contributed by atoms with E-state index in [2.05, 4.69) is 4.99 Å². The van der Waals surface area contributed by atoms with Gasteiger partial charge in [-0.1, -0.05) is 0 Å². The van der Waals surface area contributed by atoms with Crippen molar-refractivity contribution in [3.63, 3.8) is 0 Å². The second-order valence-electron chi connectivity index (χ2n) is 2.73. The van der Waals surface area contributed by atoms with Crippen LogP contribution in [0.4, 0.5) is 0 Å². The minimum Gasteiger partial charge on any atom is -0.398 e. The van der Waals surface area contributed by atoms with Crippen LogP contribution in [0.3, 0.4) is 0 Å². The summed E-state index contributed by atoms with van der Waals surface area (Å²) >= 11 is 0. The molecule has 0 aromatic heterocycles. The van der Waals surface area contributed by atoms with Gasteiger partial charge in [-0.3, -0.25) is 4.99 Å². The molecule has 0 spiro atoms. The molecule has 1 aliphatic rings. The SMILES string of the molecule is CC1(N)C=C(N)C=NC1N.Cl. The lowest BCUT2D eigenvalue weighted by Gasteiger charge is -2.27. The van der Waals surface area contributed by atoms with Gasteiger partial charge < -0.3 is 17.2 Å². The van der Waals surface area contributed by atoms with Gasteiger partial charge in [-0.05, 0) is 13.0 Å². The normalized spacial score (nSPS) is 35.9. The van der Waals surface area contributed by atoms with Gasteiger partial charge in [-0.25, -0.2) is 0 Å². The summed E-state index contributed by atoms with van der Waals surface area (Å²) in [6.07, 6.45) is 2.86. The van der Waals surface area contributed by atoms with E-state index < -0.39 is 5.54 Å². The second kappa shape index (κ2) is 3.21. The van der Waals surface area contributed by atoms with E-state index in [4.69, 9.17) is 17.2 Å². The first-order valence-electron chi connectivity index (χ1n) is 3.08. The minimum absolute atomic E-state index is 0. The van der Waals surface area contributed by atoms with Crippen LogP contribution in [-0.4, -0.2) is 17.9 Å². The van der Waals surface area contributed by atoms with Gasteiger partial charge in [-0.2, -0.15) is 0 Å². The first kappa shape index (κ1) is 10.4. The Morgan fingerprint density at radius 3 is 2.55 bits per heavy atom. The highest BCUT2D eigenvalue weighted by Crippen LogP contribution is 2.11. The van der Waals surface area contributed by atoms with Crippen molar-refractivity contribution in [1.29, 1.82) is 0 Å². The molecule has 0 radical (unpaired) electrons. The third-order valence-electron chi connectivity index (χ3n) is 1.50. The molecule has 6 N–H and O–H groups in total. The number of allylic oxidation sites excluding steroid dienone is 1. The molecule has 2 unspecified atom stereocenters. The zero-order valence-electron chi connectivity index (χ0n) is 6.32. The number of nitrogens with zero attached hydrogens (tertiary/aromatic N) is 1. The summed E-state index contributed by atoms with van der Waals surface area (Å²) in [6.45, 7) is 1.79. The highest BCUT2D eigenvalue weighted by Gasteiger charge is 2.26. The number of aliphatic imine (C=N–C) groups is 1. The van der Waals surface area contributed by atoms with Gasteiger partial charge in [0.05, 0.1) is 5.54 Å². The van der Waals surface area contributed by atoms with E-state index in [1.54, 1.807) is 13.0 Å². The van der Waals surface area contributed by atoms with Gasteiger partial charge >= 0.3 is 0 Å². The average molecular weight is 177 g/mol. The number of hydrogen-bond acceptors (Lipinski definition) is 4. The molecule has 0 bridgehead atoms. The summed E-state index contributed by atoms with van der Waals surface area (Å²) in [6, 6.07) is 0. The van der Waals surface area contributed by atoms with E-state index in [0.717, 1.165) is 0 Å². The maximum Gasteiger partial charge on any atom is 0.119 e. The van der Waals surface area contributed by atoms with Crippen LogP contribution in [0.25, 0.3) is 0 Å². The van der Waals surface area contributed by atoms with Crippen molar-refractivity contribution in [2.24, 2.45) is 22.2 Å². The molecule has 1 heterocycles. The van der Waals surface area contributed by atoms with Crippen molar-refractivity contribution in [1.82, 2.24) is 0 Å². The van der Waals surface area contributed by atoms with Gasteiger partial charge in [0.2, 0.25) is 0 Å². The topological polar surface area (TPSA) is 90.4 Å². The average Bonchev–Trinajstić information content (AvgIpc) is 1.78. The predicted molar refractivity (Wildman–Crippen MR) is 48.6 cm³/mol. The van der Waals surface area contributed by atoms with E-state index in [1.807, 2.05) is 0 Å². The molecule has 0 fully saturated rings. The predicted octanol–water partition coefficient (Wildman–Crippen LogP) is -0.663. The number of dihydropyridines is 1. The molecule has 0 aromatic carbocycles. The molecule has 0 saturated carbocycles. The quantitative estimate of drug-likeness (QED) is 0.458. The van der Waals surface area contributed by atoms with Crippen molar-refractivity contribution in [2.45, 2.75) is 18.6 Å². The summed E-state index contributed by atoms with van der Waals surface area (Å²) < 4.78 is 0. The summed E-state index contributed by atoms with van der Waals surface area (Å²) in [7, 11) is 0. The van der Waals surface area contributed by atoms with E-state index in [9.17, 15) is 0 Å². The van der Waals surface area contributed by atoms with Crippen LogP contribution in [0.15, 0.2) is 16.8 Å². The molecule has 0 aromatic rings. The summed E-state index contributed by atoms with van der Waals surface area (Å²) in [4.78, 5) is 3.90. The molecule has 0 saturated heterocycles. The highest BCUT2D eigenvalue weighted by molar-refractivity contribution is 5.85. The number of halogens is 1. The Bertz CT molecular complexity index is 197. The molecule has 4 nitrogen and oxygen atoms in total. The monoisotopic (exact) mass is 176 g/mol. The number of hydrogen-bond donors (Lipinski definition) is 3. The zero-order valence-corrected chi connectivity index (χ0v) is 7.14. The Labute approximate surface area is 71.9 Å². The maximum atomic E-state index is 5.72. The van der Waals surface area contributed by atoms with E-state index >= 15 is 0 Å². The Balaban J connectivity index is 0.000001000. The van der Waals surface area contributed by atoms with E-state index in [0.29, 0.717) is 5.70 Å². The van der Waals surface area contributed by atoms with Crippen LogP contribution >= 0.6 is 12.4 Å². The van der Waals surface area contributed by atoms with Crippen molar-refractivity contribution in [2.75, 3.05) is 0 Å². The van der Waals surface area contributed by atoms with Crippen LogP contribution < -0.4 is 17.2 Å². The first-order valence-corrected chi connectivity index (χ1v) is 3.08. The lowest BCUT2D eigenvalue weighted by atomic mass is 9.97. The largest absolute Gasteiger partial charge is 0.398 e. The maximum absolute atomic E-state index is 5.72. The van der Waals surface area contributed by atoms with Crippen LogP contribution in [0, 0.1) is 0 Å². The first-order chi connectivity index (χ1) is 4.52. The molecule has 64 valence electrons. The van der Waals surface area contributed by atoms with Crippen molar-refractivity contribution in [3.05, 3.63) is 11.8 Å². The highest BCUT2D eigenvalue weighted by atomic mass is 35.5. The van der Waals surface area contributed by atoms with E-state index in [1.165, 1.54) is 6.21 Å². The Hall–Kier alpha value is -0.580. The van der Waals surface area contributed by atoms with Gasteiger partial charge in [0, 0.05) is 11.9 Å². The third-order valence-corrected chi connectivity index (χ3v) is 1.50. The molecule has 0 amide bonds. The van der Waals surface area contributed by atoms with Gasteiger partial charge in [0.1, 0.15) is 6.17 Å². The van der Waals surface area contributed by atoms with Crippen LogP contribution in [-0.2, 0) is 0 Å². The fourth-order valence-electron chi connectivity index (χ4n) is 0.809. The molecule has 1 rings (SSSR count). The fourth-order valence-corrected chi connectivity index (χ4v) is 0.809. The van der Waals surface area contributed by atoms with Crippen LogP contribution in [0.1, 0.15) is 6.92 Å². The van der Waals surface area contributed by atoms with Crippen molar-refractivity contribution < 1.29 is 0 Å². The van der Waals surface area contributed by atoms with Crippen LogP contribution in [0.2, 0.25) is 0 Å². The molecular weight excluding hydrogens is 164 g/mol. The second-order valence-corrected chi connectivity index (χ2v) is 2.73. The zero-order chi connectivity index (χ0) is 7.78. The summed E-state index contributed by atoms with van der Waals surface area (Å²) in [5.41, 5.74) is 16.7. The minimum atomic E-state index is -0.598. The lowest BCUT2D eigenvalue weighted by Crippen LogP contribution is -2.52. The number of rotatable bonds is 0. The Morgan fingerprint density at radius 1 is 1.64 bits per heavy atom. The van der Waals surface area contributed by atoms with Crippen molar-refractivity contribution in [3.8, 4) is 0 Å². The van der Waals surface area contributed by atoms with Gasteiger partial charge in [0.15, 0.2) is 0 Å². The lowest BCUT2D eigenvalue weighted by molar-refractivity contribution is 0.463. The van der Waals surface area contributed by atoms with Crippen LogP contribution in [0.5, 0.6) is 0 Å². The van der Waals surface area contributed by atoms with Crippen molar-refractivity contribution >= 4 is 18.6 Å². The smallest absolute Gasteiger partial charge is 0.119 e. The third kappa shape index (κ3) is 2.18. The molecule has 0 aliphatic carbocycles. The molecular formula is C6H13ClN4. The summed E-state index contributed by atoms with van der Waals surface area (Å²) in [5, 5.41) is 0. The molecule has 1 aliphatic heterocycles. The molecule has 11 heavy (non-hydrogen) atoms. The van der Waals surface area contributed by atoms with Gasteiger partial charge in [0.25, 0.3) is 0 Å². The number of nitrogens with two attached hydrogens (primary N) is 3. The van der Waals surface area contributed by atoms with E-state index in [-0.39, 0.29) is 18.6 Å².